The highest BCUT2D eigenvalue weighted by Crippen LogP contribution is 2.45. The van der Waals surface area contributed by atoms with Crippen molar-refractivity contribution in [2.75, 3.05) is 0 Å². The quantitative estimate of drug-likeness (QED) is 0.371. The first kappa shape index (κ1) is 16.2. The van der Waals surface area contributed by atoms with Gasteiger partial charge in [0.1, 0.15) is 0 Å². The number of halogens is 6. The third-order valence-electron chi connectivity index (χ3n) is 2.14. The van der Waals surface area contributed by atoms with Crippen molar-refractivity contribution in [2.45, 2.75) is 17.0 Å². The lowest BCUT2D eigenvalue weighted by Gasteiger charge is -2.19. The van der Waals surface area contributed by atoms with Gasteiger partial charge in [-0.3, -0.25) is 10.1 Å². The molecule has 20 heavy (non-hydrogen) atoms. The van der Waals surface area contributed by atoms with E-state index >= 15 is 0 Å². The van der Waals surface area contributed by atoms with Crippen LogP contribution < -0.4 is 0 Å². The van der Waals surface area contributed by atoms with Gasteiger partial charge in [-0.2, -0.15) is 30.4 Å². The summed E-state index contributed by atoms with van der Waals surface area (Å²) in [5.74, 6) is -5.48. The Hall–Kier alpha value is -1.85. The van der Waals surface area contributed by atoms with Crippen LogP contribution in [0.1, 0.15) is 5.56 Å². The molecule has 0 aromatic heterocycles. The highest BCUT2D eigenvalue weighted by atomic mass is 32.3. The van der Waals surface area contributed by atoms with Crippen molar-refractivity contribution in [1.29, 1.82) is 0 Å². The standard InChI is InChI=1S/C8H3F6NO4S/c9-7(10,8(11,12)13)4-1-2-5(15(16)17)6(3-4)20(14,18)19/h1-3H. The van der Waals surface area contributed by atoms with Crippen LogP contribution in [0.15, 0.2) is 23.1 Å². The lowest BCUT2D eigenvalue weighted by molar-refractivity contribution is -0.388. The number of hydrogen-bond acceptors (Lipinski definition) is 4. The summed E-state index contributed by atoms with van der Waals surface area (Å²) in [4.78, 5) is 7.09. The van der Waals surface area contributed by atoms with Gasteiger partial charge in [-0.25, -0.2) is 0 Å². The molecule has 0 aliphatic carbocycles. The Morgan fingerprint density at radius 3 is 1.95 bits per heavy atom. The van der Waals surface area contributed by atoms with E-state index in [0.717, 1.165) is 0 Å². The second-order valence-corrected chi connectivity index (χ2v) is 4.77. The van der Waals surface area contributed by atoms with Crippen LogP contribution in [-0.4, -0.2) is 19.5 Å². The molecule has 0 radical (unpaired) electrons. The molecule has 12 heteroatoms. The Kier molecular flexibility index (Phi) is 3.74. The van der Waals surface area contributed by atoms with Crippen LogP contribution in [0.2, 0.25) is 0 Å². The molecule has 5 nitrogen and oxygen atoms in total. The summed E-state index contributed by atoms with van der Waals surface area (Å²) in [6, 6.07) is -0.358. The van der Waals surface area contributed by atoms with Crippen LogP contribution in [0, 0.1) is 10.1 Å². The first-order valence-electron chi connectivity index (χ1n) is 4.46. The highest BCUT2D eigenvalue weighted by Gasteiger charge is 2.59. The molecular weight excluding hydrogens is 320 g/mol. The van der Waals surface area contributed by atoms with Crippen molar-refractivity contribution in [2.24, 2.45) is 0 Å². The molecule has 1 aromatic rings. The van der Waals surface area contributed by atoms with Crippen molar-refractivity contribution in [1.82, 2.24) is 0 Å². The van der Waals surface area contributed by atoms with Crippen LogP contribution in [0.5, 0.6) is 0 Å². The zero-order chi connectivity index (χ0) is 15.9. The maximum atomic E-state index is 13.0. The van der Waals surface area contributed by atoms with Gasteiger partial charge in [-0.15, -0.1) is 3.89 Å². The molecule has 0 saturated carbocycles. The molecular formula is C8H3F6NO4S. The van der Waals surface area contributed by atoms with E-state index in [1.54, 1.807) is 0 Å². The lowest BCUT2D eigenvalue weighted by Crippen LogP contribution is -2.33. The smallest absolute Gasteiger partial charge is 0.258 e. The van der Waals surface area contributed by atoms with Gasteiger partial charge in [0.25, 0.3) is 5.69 Å². The topological polar surface area (TPSA) is 77.3 Å². The first-order chi connectivity index (χ1) is 8.78. The van der Waals surface area contributed by atoms with Crippen molar-refractivity contribution in [3.8, 4) is 0 Å². The van der Waals surface area contributed by atoms with Crippen molar-refractivity contribution in [3.63, 3.8) is 0 Å². The summed E-state index contributed by atoms with van der Waals surface area (Å²) in [6.45, 7) is 0. The van der Waals surface area contributed by atoms with Gasteiger partial charge in [-0.1, -0.05) is 0 Å². The van der Waals surface area contributed by atoms with Crippen LogP contribution in [0.3, 0.4) is 0 Å². The molecule has 0 atom stereocenters. The first-order valence-corrected chi connectivity index (χ1v) is 5.85. The molecule has 0 amide bonds. The minimum atomic E-state index is -6.07. The monoisotopic (exact) mass is 323 g/mol. The summed E-state index contributed by atoms with van der Waals surface area (Å²) < 4.78 is 96.1. The fraction of sp³-hybridized carbons (Fsp3) is 0.250. The Morgan fingerprint density at radius 2 is 1.60 bits per heavy atom. The summed E-state index contributed by atoms with van der Waals surface area (Å²) >= 11 is 0. The Morgan fingerprint density at radius 1 is 1.10 bits per heavy atom. The van der Waals surface area contributed by atoms with Crippen molar-refractivity contribution >= 4 is 15.9 Å². The van der Waals surface area contributed by atoms with Crippen LogP contribution >= 0.6 is 0 Å². The summed E-state index contributed by atoms with van der Waals surface area (Å²) in [6.07, 6.45) is -6.07. The number of nitrogens with zero attached hydrogens (tertiary/aromatic N) is 1. The number of hydrogen-bond donors (Lipinski definition) is 0. The number of nitro benzene ring substituents is 1. The largest absolute Gasteiger partial charge is 0.458 e. The van der Waals surface area contributed by atoms with E-state index < -0.39 is 49.5 Å². The summed E-state index contributed by atoms with van der Waals surface area (Å²) in [5, 5.41) is 10.4. The number of benzene rings is 1. The van der Waals surface area contributed by atoms with Gasteiger partial charge in [0.05, 0.1) is 4.92 Å². The molecule has 0 bridgehead atoms. The molecule has 112 valence electrons. The molecule has 0 unspecified atom stereocenters. The van der Waals surface area contributed by atoms with Crippen LogP contribution in [0.4, 0.5) is 31.5 Å². The fourth-order valence-electron chi connectivity index (χ4n) is 1.22. The summed E-state index contributed by atoms with van der Waals surface area (Å²) in [5.41, 5.74) is -3.37. The maximum absolute atomic E-state index is 13.0. The predicted octanol–water partition coefficient (Wildman–Crippen LogP) is 2.91. The van der Waals surface area contributed by atoms with E-state index in [1.807, 2.05) is 0 Å². The minimum Gasteiger partial charge on any atom is -0.258 e. The van der Waals surface area contributed by atoms with Crippen LogP contribution in [0.25, 0.3) is 0 Å². The Bertz CT molecular complexity index is 653. The number of rotatable bonds is 3. The second-order valence-electron chi connectivity index (χ2n) is 3.45. The molecule has 0 N–H and O–H groups in total. The average molecular weight is 323 g/mol. The van der Waals surface area contributed by atoms with E-state index in [9.17, 15) is 44.4 Å². The number of nitro groups is 1. The fourth-order valence-corrected chi connectivity index (χ4v) is 1.88. The van der Waals surface area contributed by atoms with Gasteiger partial charge in [0.2, 0.25) is 0 Å². The SMILES string of the molecule is O=[N+]([O-])c1ccc(C(F)(F)C(F)(F)F)cc1S(=O)(=O)F. The van der Waals surface area contributed by atoms with E-state index in [0.29, 0.717) is 0 Å². The van der Waals surface area contributed by atoms with E-state index in [2.05, 4.69) is 0 Å². The normalized spacial score (nSPS) is 13.3. The molecule has 0 fully saturated rings. The number of alkyl halides is 5. The molecule has 0 saturated heterocycles. The van der Waals surface area contributed by atoms with Gasteiger partial charge >= 0.3 is 22.3 Å². The molecule has 1 aromatic carbocycles. The third kappa shape index (κ3) is 2.84. The predicted molar refractivity (Wildman–Crippen MR) is 51.3 cm³/mol. The molecule has 1 rings (SSSR count). The maximum Gasteiger partial charge on any atom is 0.458 e. The highest BCUT2D eigenvalue weighted by molar-refractivity contribution is 7.86. The average Bonchev–Trinajstić information content (AvgIpc) is 2.25. The van der Waals surface area contributed by atoms with E-state index in [-0.39, 0.29) is 12.1 Å². The van der Waals surface area contributed by atoms with Crippen LogP contribution in [-0.2, 0) is 16.1 Å². The Balaban J connectivity index is 3.62. The molecule has 0 aliphatic heterocycles. The second kappa shape index (κ2) is 4.61. The van der Waals surface area contributed by atoms with E-state index in [4.69, 9.17) is 0 Å². The molecule has 0 heterocycles. The van der Waals surface area contributed by atoms with Gasteiger partial charge in [0.15, 0.2) is 4.90 Å². The zero-order valence-corrected chi connectivity index (χ0v) is 9.80. The third-order valence-corrected chi connectivity index (χ3v) is 2.99. The van der Waals surface area contributed by atoms with Crippen molar-refractivity contribution < 1.29 is 39.2 Å². The Labute approximate surface area is 107 Å². The molecule has 0 aliphatic rings. The lowest BCUT2D eigenvalue weighted by atomic mass is 10.1. The van der Waals surface area contributed by atoms with Crippen molar-refractivity contribution in [3.05, 3.63) is 33.9 Å². The van der Waals surface area contributed by atoms with Gasteiger partial charge in [0, 0.05) is 11.6 Å². The minimum absolute atomic E-state index is 0.000301. The zero-order valence-electron chi connectivity index (χ0n) is 8.99. The van der Waals surface area contributed by atoms with Gasteiger partial charge < -0.3 is 0 Å². The van der Waals surface area contributed by atoms with Gasteiger partial charge in [-0.05, 0) is 12.1 Å². The van der Waals surface area contributed by atoms with E-state index in [1.165, 1.54) is 0 Å². The summed E-state index contributed by atoms with van der Waals surface area (Å²) in [7, 11) is -5.85. The molecule has 0 spiro atoms.